The zero-order valence-electron chi connectivity index (χ0n) is 22.8. The molecule has 0 radical (unpaired) electrons. The van der Waals surface area contributed by atoms with Crippen molar-refractivity contribution in [2.75, 3.05) is 13.7 Å². The van der Waals surface area contributed by atoms with Crippen LogP contribution in [0.25, 0.3) is 33.3 Å². The predicted molar refractivity (Wildman–Crippen MR) is 151 cm³/mol. The van der Waals surface area contributed by atoms with Gasteiger partial charge >= 0.3 is 0 Å². The molecule has 36 heavy (non-hydrogen) atoms. The van der Waals surface area contributed by atoms with Gasteiger partial charge in [-0.05, 0) is 49.4 Å². The second-order valence-corrected chi connectivity index (χ2v) is 8.43. The van der Waals surface area contributed by atoms with Crippen molar-refractivity contribution in [1.82, 2.24) is 9.97 Å². The van der Waals surface area contributed by atoms with Crippen LogP contribution in [0, 0.1) is 19.8 Å². The summed E-state index contributed by atoms with van der Waals surface area (Å²) >= 11 is 0. The Balaban J connectivity index is 0.000000634. The fraction of sp³-hybridized carbons (Fsp3) is 0.323. The van der Waals surface area contributed by atoms with Gasteiger partial charge in [-0.3, -0.25) is 9.78 Å². The van der Waals surface area contributed by atoms with Gasteiger partial charge in [0.1, 0.15) is 0 Å². The lowest BCUT2D eigenvalue weighted by Crippen LogP contribution is -2.03. The first-order chi connectivity index (χ1) is 17.3. The summed E-state index contributed by atoms with van der Waals surface area (Å²) < 4.78 is 0. The van der Waals surface area contributed by atoms with E-state index in [1.807, 2.05) is 40.7 Å². The van der Waals surface area contributed by atoms with Gasteiger partial charge in [-0.2, -0.15) is 0 Å². The summed E-state index contributed by atoms with van der Waals surface area (Å²) in [5, 5.41) is 16.0. The molecule has 2 aromatic heterocycles. The normalized spacial score (nSPS) is 9.86. The van der Waals surface area contributed by atoms with Gasteiger partial charge in [0.15, 0.2) is 5.78 Å². The van der Waals surface area contributed by atoms with Gasteiger partial charge in [0.2, 0.25) is 0 Å². The SMILES string of the molecule is CC.CC(=O)c1c(C)c(-c2ccc(-c3ccc(C)cc3)cc2)nc2ccncc12.CC(C)CO.CO. The number of Topliss-reactive ketones (excluding diaryl/α,β-unsaturated/α-hetero) is 1. The molecule has 0 saturated carbocycles. The molecule has 5 nitrogen and oxygen atoms in total. The first-order valence-electron chi connectivity index (χ1n) is 12.3. The molecule has 0 aliphatic carbocycles. The Labute approximate surface area is 215 Å². The largest absolute Gasteiger partial charge is 0.400 e. The van der Waals surface area contributed by atoms with Crippen LogP contribution < -0.4 is 0 Å². The monoisotopic (exact) mass is 488 g/mol. The van der Waals surface area contributed by atoms with E-state index < -0.39 is 0 Å². The van der Waals surface area contributed by atoms with Crippen LogP contribution >= 0.6 is 0 Å². The lowest BCUT2D eigenvalue weighted by atomic mass is 9.95. The number of carbonyl (C=O) groups excluding carboxylic acids is 1. The van der Waals surface area contributed by atoms with E-state index in [9.17, 15) is 4.79 Å². The van der Waals surface area contributed by atoms with Crippen molar-refractivity contribution in [2.45, 2.75) is 48.5 Å². The Morgan fingerprint density at radius 2 is 1.33 bits per heavy atom. The molecule has 2 heterocycles. The third-order valence-corrected chi connectivity index (χ3v) is 5.29. The average Bonchev–Trinajstić information content (AvgIpc) is 2.91. The molecule has 4 aromatic rings. The number of aliphatic hydroxyl groups is 2. The zero-order chi connectivity index (χ0) is 27.3. The molecule has 5 heteroatoms. The van der Waals surface area contributed by atoms with Crippen molar-refractivity contribution in [3.05, 3.63) is 83.7 Å². The van der Waals surface area contributed by atoms with E-state index >= 15 is 0 Å². The third-order valence-electron chi connectivity index (χ3n) is 5.29. The fourth-order valence-corrected chi connectivity index (χ4v) is 3.50. The highest BCUT2D eigenvalue weighted by Gasteiger charge is 2.16. The number of rotatable bonds is 4. The molecule has 4 rings (SSSR count). The highest BCUT2D eigenvalue weighted by molar-refractivity contribution is 6.08. The molecule has 0 fully saturated rings. The van der Waals surface area contributed by atoms with Crippen molar-refractivity contribution >= 4 is 16.7 Å². The average molecular weight is 489 g/mol. The number of aliphatic hydroxyl groups excluding tert-OH is 2. The number of hydrogen-bond acceptors (Lipinski definition) is 5. The number of aryl methyl sites for hydroxylation is 1. The van der Waals surface area contributed by atoms with E-state index in [1.165, 1.54) is 11.1 Å². The molecule has 0 aliphatic heterocycles. The minimum atomic E-state index is 0.0328. The van der Waals surface area contributed by atoms with Crippen LogP contribution in [0.5, 0.6) is 0 Å². The van der Waals surface area contributed by atoms with Gasteiger partial charge < -0.3 is 10.2 Å². The van der Waals surface area contributed by atoms with Gasteiger partial charge in [0, 0.05) is 42.6 Å². The highest BCUT2D eigenvalue weighted by atomic mass is 16.3. The molecule has 0 saturated heterocycles. The molecule has 0 bridgehead atoms. The van der Waals surface area contributed by atoms with Gasteiger partial charge in [-0.25, -0.2) is 4.98 Å². The minimum absolute atomic E-state index is 0.0328. The Morgan fingerprint density at radius 1 is 0.861 bits per heavy atom. The zero-order valence-corrected chi connectivity index (χ0v) is 22.8. The summed E-state index contributed by atoms with van der Waals surface area (Å²) in [4.78, 5) is 21.2. The number of benzene rings is 2. The predicted octanol–water partition coefficient (Wildman–Crippen LogP) is 7.05. The van der Waals surface area contributed by atoms with Crippen LogP contribution in [0.1, 0.15) is 56.1 Å². The molecule has 0 atom stereocenters. The van der Waals surface area contributed by atoms with Crippen LogP contribution in [-0.4, -0.2) is 39.7 Å². The standard InChI is InChI=1S/C24H20N2O.C4H10O.C2H6.CH4O/c1-15-4-6-18(7-5-15)19-8-10-20(11-9-19)24-16(2)23(17(3)27)21-14-25-13-12-22(21)26-24;1-4(2)3-5;2*1-2/h4-14H,1-3H3;4-5H,3H2,1-2H3;1-2H3;2H,1H3. The molecular formula is C31H40N2O3. The van der Waals surface area contributed by atoms with E-state index in [4.69, 9.17) is 15.2 Å². The van der Waals surface area contributed by atoms with Crippen LogP contribution in [0.2, 0.25) is 0 Å². The smallest absolute Gasteiger partial charge is 0.160 e. The van der Waals surface area contributed by atoms with Crippen molar-refractivity contribution in [3.8, 4) is 22.4 Å². The molecule has 2 N–H and O–H groups in total. The molecule has 0 aliphatic rings. The van der Waals surface area contributed by atoms with E-state index in [1.54, 1.807) is 19.3 Å². The molecule has 2 aromatic carbocycles. The summed E-state index contributed by atoms with van der Waals surface area (Å²) in [5.74, 6) is 0.473. The topological polar surface area (TPSA) is 83.3 Å². The second-order valence-electron chi connectivity index (χ2n) is 8.43. The summed E-state index contributed by atoms with van der Waals surface area (Å²) in [7, 11) is 1.00. The number of hydrogen-bond donors (Lipinski definition) is 2. The van der Waals surface area contributed by atoms with Crippen molar-refractivity contribution in [3.63, 3.8) is 0 Å². The number of pyridine rings is 2. The number of carbonyl (C=O) groups is 1. The molecule has 0 spiro atoms. The van der Waals surface area contributed by atoms with Crippen LogP contribution in [0.3, 0.4) is 0 Å². The third kappa shape index (κ3) is 8.08. The Morgan fingerprint density at radius 3 is 1.81 bits per heavy atom. The summed E-state index contributed by atoms with van der Waals surface area (Å²) in [5.41, 5.74) is 7.82. The Hall–Kier alpha value is -3.41. The number of nitrogens with zero attached hydrogens (tertiary/aromatic N) is 2. The van der Waals surface area contributed by atoms with Crippen molar-refractivity contribution < 1.29 is 15.0 Å². The van der Waals surface area contributed by atoms with Crippen molar-refractivity contribution in [2.24, 2.45) is 5.92 Å². The highest BCUT2D eigenvalue weighted by Crippen LogP contribution is 2.31. The van der Waals surface area contributed by atoms with Gasteiger partial charge in [0.05, 0.1) is 11.2 Å². The van der Waals surface area contributed by atoms with Crippen LogP contribution in [-0.2, 0) is 0 Å². The lowest BCUT2D eigenvalue weighted by molar-refractivity contribution is 0.101. The fourth-order valence-electron chi connectivity index (χ4n) is 3.50. The van der Waals surface area contributed by atoms with Crippen LogP contribution in [0.4, 0.5) is 0 Å². The summed E-state index contributed by atoms with van der Waals surface area (Å²) in [6.45, 7) is 13.9. The number of ketones is 1. The molecular weight excluding hydrogens is 448 g/mol. The summed E-state index contributed by atoms with van der Waals surface area (Å²) in [6, 6.07) is 18.7. The van der Waals surface area contributed by atoms with E-state index in [0.29, 0.717) is 18.1 Å². The lowest BCUT2D eigenvalue weighted by Gasteiger charge is -2.13. The number of aromatic nitrogens is 2. The maximum Gasteiger partial charge on any atom is 0.160 e. The van der Waals surface area contributed by atoms with Gasteiger partial charge in [0.25, 0.3) is 0 Å². The van der Waals surface area contributed by atoms with E-state index in [2.05, 4.69) is 60.4 Å². The number of fused-ring (bicyclic) bond motifs is 1. The summed E-state index contributed by atoms with van der Waals surface area (Å²) in [6.07, 6.45) is 3.43. The van der Waals surface area contributed by atoms with Crippen molar-refractivity contribution in [1.29, 1.82) is 0 Å². The van der Waals surface area contributed by atoms with Gasteiger partial charge in [-0.1, -0.05) is 81.8 Å². The first-order valence-corrected chi connectivity index (χ1v) is 12.3. The van der Waals surface area contributed by atoms with E-state index in [0.717, 1.165) is 40.4 Å². The van der Waals surface area contributed by atoms with Gasteiger partial charge in [-0.15, -0.1) is 0 Å². The molecule has 0 unspecified atom stereocenters. The first kappa shape index (κ1) is 30.6. The molecule has 0 amide bonds. The minimum Gasteiger partial charge on any atom is -0.400 e. The second kappa shape index (κ2) is 15.6. The maximum atomic E-state index is 12.3. The maximum absolute atomic E-state index is 12.3. The quantitative estimate of drug-likeness (QED) is 0.301. The van der Waals surface area contributed by atoms with E-state index in [-0.39, 0.29) is 5.78 Å². The Kier molecular flexibility index (Phi) is 13.2. The van der Waals surface area contributed by atoms with Crippen LogP contribution in [0.15, 0.2) is 67.0 Å². The Bertz CT molecular complexity index is 1220. The molecule has 192 valence electrons.